The van der Waals surface area contributed by atoms with Gasteiger partial charge < -0.3 is 10.1 Å². The minimum atomic E-state index is 0.0509. The fourth-order valence-electron chi connectivity index (χ4n) is 2.48. The molecule has 0 spiro atoms. The van der Waals surface area contributed by atoms with Crippen LogP contribution < -0.4 is 5.32 Å². The van der Waals surface area contributed by atoms with Crippen molar-refractivity contribution in [1.82, 2.24) is 0 Å². The Labute approximate surface area is 128 Å². The smallest absolute Gasteiger partial charge is 0.0999 e. The SMILES string of the molecule is Clc1ccc(Cl)c(NCC2OCCc3ccccc32)c1. The zero-order chi connectivity index (χ0) is 13.9. The first-order chi connectivity index (χ1) is 9.74. The maximum Gasteiger partial charge on any atom is 0.0999 e. The van der Waals surface area contributed by atoms with Gasteiger partial charge in [-0.15, -0.1) is 0 Å². The third-order valence-electron chi connectivity index (χ3n) is 3.50. The number of halogens is 2. The number of ether oxygens (including phenoxy) is 1. The lowest BCUT2D eigenvalue weighted by Gasteiger charge is -2.26. The Morgan fingerprint density at radius 1 is 1.15 bits per heavy atom. The van der Waals surface area contributed by atoms with E-state index in [1.165, 1.54) is 11.1 Å². The highest BCUT2D eigenvalue weighted by atomic mass is 35.5. The summed E-state index contributed by atoms with van der Waals surface area (Å²) in [7, 11) is 0. The number of nitrogens with one attached hydrogen (secondary N) is 1. The van der Waals surface area contributed by atoms with Gasteiger partial charge in [-0.3, -0.25) is 0 Å². The van der Waals surface area contributed by atoms with Crippen LogP contribution in [0.5, 0.6) is 0 Å². The molecule has 1 aliphatic rings. The van der Waals surface area contributed by atoms with Crippen molar-refractivity contribution >= 4 is 28.9 Å². The average molecular weight is 308 g/mol. The normalized spacial score (nSPS) is 17.6. The van der Waals surface area contributed by atoms with E-state index in [1.54, 1.807) is 12.1 Å². The molecule has 0 fully saturated rings. The molecule has 1 unspecified atom stereocenters. The summed E-state index contributed by atoms with van der Waals surface area (Å²) in [6, 6.07) is 13.8. The molecule has 1 N–H and O–H groups in total. The van der Waals surface area contributed by atoms with Crippen LogP contribution in [-0.2, 0) is 11.2 Å². The number of hydrogen-bond donors (Lipinski definition) is 1. The topological polar surface area (TPSA) is 21.3 Å². The van der Waals surface area contributed by atoms with Crippen molar-refractivity contribution in [3.05, 3.63) is 63.6 Å². The molecular formula is C16H15Cl2NO. The minimum Gasteiger partial charge on any atom is -0.381 e. The molecule has 1 atom stereocenters. The molecule has 3 rings (SSSR count). The van der Waals surface area contributed by atoms with Gasteiger partial charge in [0.25, 0.3) is 0 Å². The van der Waals surface area contributed by atoms with Gasteiger partial charge in [0.1, 0.15) is 0 Å². The van der Waals surface area contributed by atoms with E-state index in [0.29, 0.717) is 16.6 Å². The first-order valence-corrected chi connectivity index (χ1v) is 7.38. The molecule has 0 bridgehead atoms. The van der Waals surface area contributed by atoms with Crippen molar-refractivity contribution in [2.75, 3.05) is 18.5 Å². The Morgan fingerprint density at radius 2 is 2.00 bits per heavy atom. The van der Waals surface area contributed by atoms with E-state index >= 15 is 0 Å². The van der Waals surface area contributed by atoms with Gasteiger partial charge in [0, 0.05) is 11.6 Å². The van der Waals surface area contributed by atoms with Crippen molar-refractivity contribution < 1.29 is 4.74 Å². The van der Waals surface area contributed by atoms with Gasteiger partial charge in [-0.05, 0) is 35.7 Å². The summed E-state index contributed by atoms with van der Waals surface area (Å²) in [4.78, 5) is 0. The van der Waals surface area contributed by atoms with Gasteiger partial charge in [-0.1, -0.05) is 47.5 Å². The second kappa shape index (κ2) is 6.04. The van der Waals surface area contributed by atoms with Crippen molar-refractivity contribution in [3.63, 3.8) is 0 Å². The predicted molar refractivity (Wildman–Crippen MR) is 83.8 cm³/mol. The number of benzene rings is 2. The molecule has 0 amide bonds. The highest BCUT2D eigenvalue weighted by molar-refractivity contribution is 6.35. The summed E-state index contributed by atoms with van der Waals surface area (Å²) in [6.07, 6.45) is 1.03. The van der Waals surface area contributed by atoms with Gasteiger partial charge in [-0.2, -0.15) is 0 Å². The second-order valence-corrected chi connectivity index (χ2v) is 5.66. The summed E-state index contributed by atoms with van der Waals surface area (Å²) >= 11 is 12.1. The summed E-state index contributed by atoms with van der Waals surface area (Å²) < 4.78 is 5.86. The molecule has 104 valence electrons. The summed E-state index contributed by atoms with van der Waals surface area (Å²) in [5.41, 5.74) is 3.46. The van der Waals surface area contributed by atoms with Crippen LogP contribution in [0.1, 0.15) is 17.2 Å². The number of fused-ring (bicyclic) bond motifs is 1. The molecule has 2 aromatic carbocycles. The van der Waals surface area contributed by atoms with Crippen LogP contribution in [0, 0.1) is 0 Å². The van der Waals surface area contributed by atoms with Crippen LogP contribution in [0.15, 0.2) is 42.5 Å². The molecule has 0 radical (unpaired) electrons. The highest BCUT2D eigenvalue weighted by Crippen LogP contribution is 2.29. The number of rotatable bonds is 3. The zero-order valence-electron chi connectivity index (χ0n) is 10.9. The van der Waals surface area contributed by atoms with Crippen molar-refractivity contribution in [1.29, 1.82) is 0 Å². The van der Waals surface area contributed by atoms with E-state index < -0.39 is 0 Å². The van der Waals surface area contributed by atoms with E-state index in [9.17, 15) is 0 Å². The average Bonchev–Trinajstić information content (AvgIpc) is 2.48. The summed E-state index contributed by atoms with van der Waals surface area (Å²) in [6.45, 7) is 1.43. The highest BCUT2D eigenvalue weighted by Gasteiger charge is 2.20. The lowest BCUT2D eigenvalue weighted by atomic mass is 9.97. The van der Waals surface area contributed by atoms with E-state index in [4.69, 9.17) is 27.9 Å². The van der Waals surface area contributed by atoms with E-state index in [2.05, 4.69) is 23.5 Å². The van der Waals surface area contributed by atoms with Crippen molar-refractivity contribution in [3.8, 4) is 0 Å². The predicted octanol–water partition coefficient (Wildman–Crippen LogP) is 4.72. The minimum absolute atomic E-state index is 0.0509. The van der Waals surface area contributed by atoms with Crippen LogP contribution in [0.25, 0.3) is 0 Å². The fourth-order valence-corrected chi connectivity index (χ4v) is 2.84. The van der Waals surface area contributed by atoms with E-state index in [1.807, 2.05) is 12.1 Å². The van der Waals surface area contributed by atoms with Gasteiger partial charge >= 0.3 is 0 Å². The van der Waals surface area contributed by atoms with Gasteiger partial charge in [-0.25, -0.2) is 0 Å². The first-order valence-electron chi connectivity index (χ1n) is 6.62. The van der Waals surface area contributed by atoms with E-state index in [0.717, 1.165) is 18.7 Å². The largest absolute Gasteiger partial charge is 0.381 e. The molecule has 0 aliphatic carbocycles. The van der Waals surface area contributed by atoms with Crippen LogP contribution in [0.2, 0.25) is 10.0 Å². The molecule has 4 heteroatoms. The van der Waals surface area contributed by atoms with Gasteiger partial charge in [0.15, 0.2) is 0 Å². The first kappa shape index (κ1) is 13.7. The quantitative estimate of drug-likeness (QED) is 0.886. The molecule has 20 heavy (non-hydrogen) atoms. The maximum atomic E-state index is 6.15. The third kappa shape index (κ3) is 2.93. The standard InChI is InChI=1S/C16H15Cl2NO/c17-12-5-6-14(18)15(9-12)19-10-16-13-4-2-1-3-11(13)7-8-20-16/h1-6,9,16,19H,7-8,10H2. The lowest BCUT2D eigenvalue weighted by Crippen LogP contribution is -2.22. The third-order valence-corrected chi connectivity index (χ3v) is 4.06. The number of anilines is 1. The lowest BCUT2D eigenvalue weighted by molar-refractivity contribution is 0.0513. The Bertz CT molecular complexity index is 615. The molecule has 2 aromatic rings. The molecule has 0 saturated heterocycles. The number of hydrogen-bond acceptors (Lipinski definition) is 2. The Kier molecular flexibility index (Phi) is 4.16. The Morgan fingerprint density at radius 3 is 2.90 bits per heavy atom. The molecular weight excluding hydrogens is 293 g/mol. The Balaban J connectivity index is 1.75. The fraction of sp³-hybridized carbons (Fsp3) is 0.250. The van der Waals surface area contributed by atoms with Gasteiger partial charge in [0.05, 0.1) is 23.4 Å². The van der Waals surface area contributed by atoms with Crippen LogP contribution in [-0.4, -0.2) is 13.2 Å². The molecule has 0 saturated carbocycles. The molecule has 0 aromatic heterocycles. The molecule has 1 heterocycles. The summed E-state index contributed by atoms with van der Waals surface area (Å²) in [5.74, 6) is 0. The zero-order valence-corrected chi connectivity index (χ0v) is 12.4. The van der Waals surface area contributed by atoms with Crippen LogP contribution in [0.3, 0.4) is 0 Å². The molecule has 2 nitrogen and oxygen atoms in total. The van der Waals surface area contributed by atoms with Crippen molar-refractivity contribution in [2.24, 2.45) is 0 Å². The van der Waals surface area contributed by atoms with Gasteiger partial charge in [0.2, 0.25) is 0 Å². The monoisotopic (exact) mass is 307 g/mol. The summed E-state index contributed by atoms with van der Waals surface area (Å²) in [5, 5.41) is 4.66. The maximum absolute atomic E-state index is 6.15. The Hall–Kier alpha value is -1.22. The van der Waals surface area contributed by atoms with Crippen LogP contribution >= 0.6 is 23.2 Å². The molecule has 1 aliphatic heterocycles. The van der Waals surface area contributed by atoms with Crippen LogP contribution in [0.4, 0.5) is 5.69 Å². The van der Waals surface area contributed by atoms with Crippen molar-refractivity contribution in [2.45, 2.75) is 12.5 Å². The van der Waals surface area contributed by atoms with E-state index in [-0.39, 0.29) is 6.10 Å². The second-order valence-electron chi connectivity index (χ2n) is 4.81.